The van der Waals surface area contributed by atoms with Gasteiger partial charge in [0.2, 0.25) is 11.7 Å². The molecule has 0 aliphatic carbocycles. The minimum Gasteiger partial charge on any atom is -0.356 e. The second kappa shape index (κ2) is 10.7. The van der Waals surface area contributed by atoms with Crippen LogP contribution in [0.4, 0.5) is 23.2 Å². The van der Waals surface area contributed by atoms with Crippen LogP contribution >= 0.6 is 0 Å². The maximum atomic E-state index is 15.1. The van der Waals surface area contributed by atoms with E-state index in [0.717, 1.165) is 4.57 Å². The molecule has 0 unspecified atom stereocenters. The van der Waals surface area contributed by atoms with Crippen molar-refractivity contribution >= 4 is 22.5 Å². The number of rotatable bonds is 7. The van der Waals surface area contributed by atoms with Crippen molar-refractivity contribution in [1.29, 1.82) is 0 Å². The molecule has 4 aromatic rings. The highest BCUT2D eigenvalue weighted by atomic mass is 19.4. The van der Waals surface area contributed by atoms with Gasteiger partial charge in [0, 0.05) is 48.5 Å². The Labute approximate surface area is 233 Å². The lowest BCUT2D eigenvalue weighted by molar-refractivity contribution is -0.139. The zero-order chi connectivity index (χ0) is 29.5. The zero-order valence-electron chi connectivity index (χ0n) is 23.0. The fourth-order valence-electron chi connectivity index (χ4n) is 4.75. The standard InChI is InChI=1S/C27H30F4N8O2/c1-26(2,3)38-9-8-20(18(28)14-38)34-19-6-5-7-21-17(19)10-22(39(21)15-27(29,30)31)24-35-23(41-36-24)12-32-25(40)16-11-33-37(4)13-16/h5-7,10-11,13,34H,8-9,12,14-15H2,1-4H3,(H,32,40). The molecule has 3 aromatic heterocycles. The summed E-state index contributed by atoms with van der Waals surface area (Å²) in [6.07, 6.45) is -1.19. The van der Waals surface area contributed by atoms with Crippen molar-refractivity contribution in [2.24, 2.45) is 7.05 Å². The van der Waals surface area contributed by atoms with Crippen LogP contribution in [0.5, 0.6) is 0 Å². The molecule has 0 fully saturated rings. The highest BCUT2D eigenvalue weighted by Gasteiger charge is 2.32. The summed E-state index contributed by atoms with van der Waals surface area (Å²) in [6, 6.07) is 6.38. The number of amides is 1. The van der Waals surface area contributed by atoms with E-state index in [1.54, 1.807) is 25.2 Å². The summed E-state index contributed by atoms with van der Waals surface area (Å²) in [6.45, 7) is 5.40. The van der Waals surface area contributed by atoms with E-state index in [0.29, 0.717) is 35.3 Å². The van der Waals surface area contributed by atoms with Crippen molar-refractivity contribution < 1.29 is 26.9 Å². The molecular formula is C27H30F4N8O2. The quantitative estimate of drug-likeness (QED) is 0.299. The third kappa shape index (κ3) is 6.26. The van der Waals surface area contributed by atoms with E-state index < -0.39 is 18.6 Å². The first-order valence-corrected chi connectivity index (χ1v) is 13.0. The molecule has 4 heterocycles. The van der Waals surface area contributed by atoms with Crippen molar-refractivity contribution in [3.63, 3.8) is 0 Å². The monoisotopic (exact) mass is 574 g/mol. The number of benzene rings is 1. The summed E-state index contributed by atoms with van der Waals surface area (Å²) in [5.41, 5.74) is 1.33. The minimum atomic E-state index is -4.54. The lowest BCUT2D eigenvalue weighted by Crippen LogP contribution is -2.45. The summed E-state index contributed by atoms with van der Waals surface area (Å²) >= 11 is 0. The van der Waals surface area contributed by atoms with Gasteiger partial charge in [0.25, 0.3) is 5.91 Å². The van der Waals surface area contributed by atoms with Gasteiger partial charge in [-0.2, -0.15) is 23.3 Å². The average Bonchev–Trinajstić information content (AvgIpc) is 3.62. The van der Waals surface area contributed by atoms with E-state index in [4.69, 9.17) is 4.52 Å². The maximum absolute atomic E-state index is 15.1. The van der Waals surface area contributed by atoms with Crippen LogP contribution in [0.15, 0.2) is 52.7 Å². The predicted octanol–water partition coefficient (Wildman–Crippen LogP) is 5.01. The Hall–Kier alpha value is -4.20. The first-order chi connectivity index (χ1) is 19.3. The van der Waals surface area contributed by atoms with Crippen LogP contribution in [0.2, 0.25) is 0 Å². The SMILES string of the molecule is Cn1cc(C(=O)NCc2nc(-c3cc4c(NC5=C(F)CN(C(C)(C)C)CC5)cccc4n3CC(F)(F)F)no2)cn1. The molecule has 5 rings (SSSR count). The van der Waals surface area contributed by atoms with E-state index >= 15 is 4.39 Å². The van der Waals surface area contributed by atoms with Gasteiger partial charge in [-0.15, -0.1) is 0 Å². The van der Waals surface area contributed by atoms with E-state index in [1.165, 1.54) is 23.1 Å². The number of carbonyl (C=O) groups excluding carboxylic acids is 1. The second-order valence-corrected chi connectivity index (χ2v) is 10.9. The Morgan fingerprint density at radius 3 is 2.63 bits per heavy atom. The van der Waals surface area contributed by atoms with Crippen LogP contribution in [-0.4, -0.2) is 60.1 Å². The van der Waals surface area contributed by atoms with E-state index in [2.05, 4.69) is 25.9 Å². The summed E-state index contributed by atoms with van der Waals surface area (Å²) in [5, 5.41) is 14.0. The van der Waals surface area contributed by atoms with Gasteiger partial charge in [-0.05, 0) is 39.0 Å². The number of alkyl halides is 3. The highest BCUT2D eigenvalue weighted by molar-refractivity contribution is 5.96. The zero-order valence-corrected chi connectivity index (χ0v) is 23.0. The largest absolute Gasteiger partial charge is 0.406 e. The molecule has 0 radical (unpaired) electrons. The smallest absolute Gasteiger partial charge is 0.356 e. The number of halogens is 4. The maximum Gasteiger partial charge on any atom is 0.406 e. The van der Waals surface area contributed by atoms with Gasteiger partial charge in [-0.1, -0.05) is 11.2 Å². The van der Waals surface area contributed by atoms with Gasteiger partial charge < -0.3 is 19.7 Å². The first kappa shape index (κ1) is 28.3. The molecule has 1 aromatic carbocycles. The Morgan fingerprint density at radius 2 is 1.98 bits per heavy atom. The number of aryl methyl sites for hydroxylation is 1. The molecule has 1 amide bonds. The van der Waals surface area contributed by atoms with E-state index in [9.17, 15) is 18.0 Å². The number of aromatic nitrogens is 5. The number of nitrogens with zero attached hydrogens (tertiary/aromatic N) is 6. The number of carbonyl (C=O) groups is 1. The summed E-state index contributed by atoms with van der Waals surface area (Å²) in [5.74, 6) is -0.799. The van der Waals surface area contributed by atoms with Gasteiger partial charge in [0.05, 0.1) is 36.1 Å². The van der Waals surface area contributed by atoms with Gasteiger partial charge in [0.15, 0.2) is 0 Å². The fourth-order valence-corrected chi connectivity index (χ4v) is 4.75. The molecule has 0 bridgehead atoms. The van der Waals surface area contributed by atoms with E-state index in [1.807, 2.05) is 25.7 Å². The van der Waals surface area contributed by atoms with Gasteiger partial charge in [-0.3, -0.25) is 14.4 Å². The number of hydrogen-bond donors (Lipinski definition) is 2. The van der Waals surface area contributed by atoms with Crippen LogP contribution in [0, 0.1) is 0 Å². The topological polar surface area (TPSA) is 106 Å². The predicted molar refractivity (Wildman–Crippen MR) is 143 cm³/mol. The Kier molecular flexibility index (Phi) is 7.36. The molecule has 10 nitrogen and oxygen atoms in total. The van der Waals surface area contributed by atoms with Crippen LogP contribution in [0.3, 0.4) is 0 Å². The van der Waals surface area contributed by atoms with Crippen LogP contribution < -0.4 is 10.6 Å². The molecule has 41 heavy (non-hydrogen) atoms. The second-order valence-electron chi connectivity index (χ2n) is 10.9. The molecule has 0 saturated heterocycles. The Bertz CT molecular complexity index is 1610. The van der Waals surface area contributed by atoms with Gasteiger partial charge in [0.1, 0.15) is 12.4 Å². The van der Waals surface area contributed by atoms with Crippen molar-refractivity contribution in [3.8, 4) is 11.5 Å². The van der Waals surface area contributed by atoms with Crippen LogP contribution in [0.1, 0.15) is 43.4 Å². The van der Waals surface area contributed by atoms with Crippen molar-refractivity contribution in [2.45, 2.75) is 52.0 Å². The summed E-state index contributed by atoms with van der Waals surface area (Å²) in [7, 11) is 1.67. The van der Waals surface area contributed by atoms with Crippen LogP contribution in [0.25, 0.3) is 22.4 Å². The Balaban J connectivity index is 1.44. The molecule has 0 saturated carbocycles. The minimum absolute atomic E-state index is 0.0113. The molecule has 2 N–H and O–H groups in total. The number of hydrogen-bond acceptors (Lipinski definition) is 7. The van der Waals surface area contributed by atoms with Crippen molar-refractivity contribution in [2.75, 3.05) is 18.4 Å². The van der Waals surface area contributed by atoms with Gasteiger partial charge in [-0.25, -0.2) is 4.39 Å². The van der Waals surface area contributed by atoms with Crippen molar-refractivity contribution in [3.05, 3.63) is 59.6 Å². The highest BCUT2D eigenvalue weighted by Crippen LogP contribution is 2.36. The van der Waals surface area contributed by atoms with Gasteiger partial charge >= 0.3 is 6.18 Å². The first-order valence-electron chi connectivity index (χ1n) is 13.0. The van der Waals surface area contributed by atoms with Crippen LogP contribution in [-0.2, 0) is 20.1 Å². The third-order valence-electron chi connectivity index (χ3n) is 6.87. The molecule has 1 aliphatic rings. The number of anilines is 1. The average molecular weight is 575 g/mol. The van der Waals surface area contributed by atoms with Crippen molar-refractivity contribution in [1.82, 2.24) is 34.7 Å². The fraction of sp³-hybridized carbons (Fsp3) is 0.407. The molecule has 0 spiro atoms. The molecule has 0 atom stereocenters. The lowest BCUT2D eigenvalue weighted by Gasteiger charge is -2.38. The summed E-state index contributed by atoms with van der Waals surface area (Å²) in [4.78, 5) is 18.6. The Morgan fingerprint density at radius 1 is 1.20 bits per heavy atom. The van der Waals surface area contributed by atoms with E-state index in [-0.39, 0.29) is 47.4 Å². The molecule has 218 valence electrons. The number of fused-ring (bicyclic) bond motifs is 1. The lowest BCUT2D eigenvalue weighted by atomic mass is 10.0. The number of nitrogens with one attached hydrogen (secondary N) is 2. The molecule has 1 aliphatic heterocycles. The molecular weight excluding hydrogens is 544 g/mol. The third-order valence-corrected chi connectivity index (χ3v) is 6.87. The molecule has 14 heteroatoms. The summed E-state index contributed by atoms with van der Waals surface area (Å²) < 4.78 is 63.8. The normalized spacial score (nSPS) is 15.1.